The van der Waals surface area contributed by atoms with Crippen molar-refractivity contribution in [3.63, 3.8) is 0 Å². The molecule has 2 unspecified atom stereocenters. The molecule has 112 valence electrons. The summed E-state index contributed by atoms with van der Waals surface area (Å²) in [6.45, 7) is 11.4. The molecule has 0 fully saturated rings. The average Bonchev–Trinajstić information content (AvgIpc) is 2.33. The Hall–Kier alpha value is -1.02. The van der Waals surface area contributed by atoms with Crippen molar-refractivity contribution in [2.45, 2.75) is 53.0 Å². The van der Waals surface area contributed by atoms with Crippen LogP contribution in [0, 0.1) is 11.3 Å². The van der Waals surface area contributed by atoms with E-state index >= 15 is 0 Å². The Bertz CT molecular complexity index is 433. The molecular formula is C18H30N2. The van der Waals surface area contributed by atoms with Crippen molar-refractivity contribution in [1.29, 1.82) is 0 Å². The van der Waals surface area contributed by atoms with Crippen molar-refractivity contribution in [3.05, 3.63) is 29.8 Å². The van der Waals surface area contributed by atoms with Crippen molar-refractivity contribution in [1.82, 2.24) is 0 Å². The van der Waals surface area contributed by atoms with Gasteiger partial charge in [0.05, 0.1) is 0 Å². The minimum Gasteiger partial charge on any atom is -0.371 e. The highest BCUT2D eigenvalue weighted by Gasteiger charge is 2.22. The number of para-hydroxylation sites is 1. The van der Waals surface area contributed by atoms with Crippen molar-refractivity contribution < 1.29 is 0 Å². The Balaban J connectivity index is 1.96. The molecule has 0 bridgehead atoms. The highest BCUT2D eigenvalue weighted by atomic mass is 15.1. The Morgan fingerprint density at radius 1 is 1.30 bits per heavy atom. The second kappa shape index (κ2) is 6.17. The summed E-state index contributed by atoms with van der Waals surface area (Å²) in [4.78, 5) is 2.53. The number of fused-ring (bicyclic) bond motifs is 1. The van der Waals surface area contributed by atoms with Gasteiger partial charge in [-0.2, -0.15) is 0 Å². The van der Waals surface area contributed by atoms with E-state index < -0.39 is 0 Å². The Labute approximate surface area is 124 Å². The number of hydrogen-bond acceptors (Lipinski definition) is 2. The van der Waals surface area contributed by atoms with E-state index in [2.05, 4.69) is 56.9 Å². The van der Waals surface area contributed by atoms with Crippen molar-refractivity contribution in [3.8, 4) is 0 Å². The lowest BCUT2D eigenvalue weighted by Gasteiger charge is -2.36. The van der Waals surface area contributed by atoms with Gasteiger partial charge in [-0.05, 0) is 42.2 Å². The largest absolute Gasteiger partial charge is 0.371 e. The quantitative estimate of drug-likeness (QED) is 0.904. The summed E-state index contributed by atoms with van der Waals surface area (Å²) in [5, 5.41) is 0. The molecule has 0 spiro atoms. The molecule has 20 heavy (non-hydrogen) atoms. The number of anilines is 1. The van der Waals surface area contributed by atoms with Crippen molar-refractivity contribution in [2.75, 3.05) is 18.0 Å². The monoisotopic (exact) mass is 274 g/mol. The predicted molar refractivity (Wildman–Crippen MR) is 88.2 cm³/mol. The van der Waals surface area contributed by atoms with Gasteiger partial charge in [-0.15, -0.1) is 0 Å². The molecule has 0 radical (unpaired) electrons. The van der Waals surface area contributed by atoms with E-state index in [1.54, 1.807) is 0 Å². The Kier molecular flexibility index (Phi) is 4.74. The molecule has 0 aliphatic carbocycles. The van der Waals surface area contributed by atoms with Gasteiger partial charge in [0.2, 0.25) is 0 Å². The second-order valence-corrected chi connectivity index (χ2v) is 7.70. The standard InChI is InChI=1S/C18H30N2/c1-14-11-15-7-5-6-8-17(15)20(13-14)10-9-16(19)12-18(2,3)4/h5-8,14,16H,9-13,19H2,1-4H3. The van der Waals surface area contributed by atoms with Gasteiger partial charge in [-0.1, -0.05) is 45.9 Å². The third-order valence-corrected chi connectivity index (χ3v) is 4.08. The van der Waals surface area contributed by atoms with Crippen LogP contribution < -0.4 is 10.6 Å². The summed E-state index contributed by atoms with van der Waals surface area (Å²) in [5.41, 5.74) is 9.55. The van der Waals surface area contributed by atoms with Gasteiger partial charge >= 0.3 is 0 Å². The molecule has 0 amide bonds. The Morgan fingerprint density at radius 2 is 2.00 bits per heavy atom. The van der Waals surface area contributed by atoms with Gasteiger partial charge in [0.15, 0.2) is 0 Å². The maximum absolute atomic E-state index is 6.30. The first-order valence-corrected chi connectivity index (χ1v) is 7.93. The van der Waals surface area contributed by atoms with Crippen LogP contribution in [0.5, 0.6) is 0 Å². The zero-order valence-corrected chi connectivity index (χ0v) is 13.5. The van der Waals surface area contributed by atoms with Gasteiger partial charge in [-0.3, -0.25) is 0 Å². The fraction of sp³-hybridized carbons (Fsp3) is 0.667. The van der Waals surface area contributed by atoms with Crippen LogP contribution in [0.4, 0.5) is 5.69 Å². The van der Waals surface area contributed by atoms with Crippen LogP contribution in [-0.2, 0) is 6.42 Å². The SMILES string of the molecule is CC1Cc2ccccc2N(CCC(N)CC(C)(C)C)C1. The lowest BCUT2D eigenvalue weighted by atomic mass is 9.87. The minimum absolute atomic E-state index is 0.305. The minimum atomic E-state index is 0.305. The highest BCUT2D eigenvalue weighted by molar-refractivity contribution is 5.55. The molecule has 1 aromatic rings. The van der Waals surface area contributed by atoms with Crippen LogP contribution in [0.2, 0.25) is 0 Å². The van der Waals surface area contributed by atoms with Crippen LogP contribution in [0.15, 0.2) is 24.3 Å². The molecule has 1 heterocycles. The van der Waals surface area contributed by atoms with Crippen molar-refractivity contribution in [2.24, 2.45) is 17.1 Å². The smallest absolute Gasteiger partial charge is 0.0398 e. The summed E-state index contributed by atoms with van der Waals surface area (Å²) in [5.74, 6) is 0.740. The summed E-state index contributed by atoms with van der Waals surface area (Å²) >= 11 is 0. The molecule has 1 aliphatic rings. The van der Waals surface area contributed by atoms with Crippen LogP contribution in [0.25, 0.3) is 0 Å². The third-order valence-electron chi connectivity index (χ3n) is 4.08. The first-order valence-electron chi connectivity index (χ1n) is 7.93. The normalized spacial score (nSPS) is 20.6. The average molecular weight is 274 g/mol. The topological polar surface area (TPSA) is 29.3 Å². The van der Waals surface area contributed by atoms with E-state index in [9.17, 15) is 0 Å². The summed E-state index contributed by atoms with van der Waals surface area (Å²) < 4.78 is 0. The number of rotatable bonds is 4. The number of nitrogens with zero attached hydrogens (tertiary/aromatic N) is 1. The van der Waals surface area contributed by atoms with E-state index in [1.165, 1.54) is 24.2 Å². The first kappa shape index (κ1) is 15.4. The molecular weight excluding hydrogens is 244 g/mol. The van der Waals surface area contributed by atoms with Gasteiger partial charge < -0.3 is 10.6 Å². The molecule has 1 aromatic carbocycles. The molecule has 2 N–H and O–H groups in total. The summed E-state index contributed by atoms with van der Waals surface area (Å²) in [6.07, 6.45) is 3.39. The van der Waals surface area contributed by atoms with Crippen LogP contribution >= 0.6 is 0 Å². The first-order chi connectivity index (χ1) is 9.35. The number of nitrogens with two attached hydrogens (primary N) is 1. The summed E-state index contributed by atoms with van der Waals surface area (Å²) in [7, 11) is 0. The van der Waals surface area contributed by atoms with Gasteiger partial charge in [0.25, 0.3) is 0 Å². The van der Waals surface area contributed by atoms with Crippen molar-refractivity contribution >= 4 is 5.69 Å². The van der Waals surface area contributed by atoms with Crippen LogP contribution in [0.1, 0.15) is 46.1 Å². The van der Waals surface area contributed by atoms with Gasteiger partial charge in [-0.25, -0.2) is 0 Å². The molecule has 2 nitrogen and oxygen atoms in total. The molecule has 2 heteroatoms. The lowest BCUT2D eigenvalue weighted by Crippen LogP contribution is -2.38. The molecule has 2 atom stereocenters. The van der Waals surface area contributed by atoms with Crippen LogP contribution in [-0.4, -0.2) is 19.1 Å². The second-order valence-electron chi connectivity index (χ2n) is 7.70. The molecule has 0 aromatic heterocycles. The van der Waals surface area contributed by atoms with E-state index in [1.807, 2.05) is 0 Å². The van der Waals surface area contributed by atoms with E-state index in [4.69, 9.17) is 5.73 Å². The third kappa shape index (κ3) is 4.24. The summed E-state index contributed by atoms with van der Waals surface area (Å²) in [6, 6.07) is 9.14. The number of hydrogen-bond donors (Lipinski definition) is 1. The predicted octanol–water partition coefficient (Wildman–Crippen LogP) is 3.84. The fourth-order valence-corrected chi connectivity index (χ4v) is 3.33. The van der Waals surface area contributed by atoms with Gasteiger partial charge in [0.1, 0.15) is 0 Å². The van der Waals surface area contributed by atoms with Crippen LogP contribution in [0.3, 0.4) is 0 Å². The fourth-order valence-electron chi connectivity index (χ4n) is 3.33. The Morgan fingerprint density at radius 3 is 2.70 bits per heavy atom. The molecule has 0 saturated heterocycles. The highest BCUT2D eigenvalue weighted by Crippen LogP contribution is 2.30. The molecule has 0 saturated carbocycles. The maximum Gasteiger partial charge on any atom is 0.0398 e. The molecule has 1 aliphatic heterocycles. The maximum atomic E-state index is 6.30. The zero-order valence-electron chi connectivity index (χ0n) is 13.5. The van der Waals surface area contributed by atoms with E-state index in [0.717, 1.165) is 25.3 Å². The number of benzene rings is 1. The van der Waals surface area contributed by atoms with E-state index in [0.29, 0.717) is 11.5 Å². The lowest BCUT2D eigenvalue weighted by molar-refractivity contribution is 0.330. The molecule has 2 rings (SSSR count). The van der Waals surface area contributed by atoms with Gasteiger partial charge in [0, 0.05) is 24.8 Å². The van der Waals surface area contributed by atoms with E-state index in [-0.39, 0.29) is 0 Å². The zero-order chi connectivity index (χ0) is 14.8.